The Morgan fingerprint density at radius 3 is 2.58 bits per heavy atom. The van der Waals surface area contributed by atoms with Gasteiger partial charge in [0.2, 0.25) is 0 Å². The lowest BCUT2D eigenvalue weighted by molar-refractivity contribution is -0.138. The molecule has 0 aliphatic heterocycles. The molecular formula is C18H15F3N2O2S. The van der Waals surface area contributed by atoms with Crippen molar-refractivity contribution in [3.63, 3.8) is 0 Å². The van der Waals surface area contributed by atoms with Gasteiger partial charge in [-0.15, -0.1) is 0 Å². The number of rotatable bonds is 5. The second-order valence-corrected chi connectivity index (χ2v) is 6.25. The molecule has 1 fully saturated rings. The summed E-state index contributed by atoms with van der Waals surface area (Å²) in [4.78, 5) is 15.8. The SMILES string of the molecule is O=c1c(N=C=S)cc(C(F)(F)F)cn1C1CC(OCc2ccccc2)C1. The van der Waals surface area contributed by atoms with Gasteiger partial charge in [0.15, 0.2) is 0 Å². The minimum Gasteiger partial charge on any atom is -0.373 e. The molecule has 0 spiro atoms. The van der Waals surface area contributed by atoms with Crippen LogP contribution >= 0.6 is 12.2 Å². The van der Waals surface area contributed by atoms with E-state index in [9.17, 15) is 18.0 Å². The first-order valence-electron chi connectivity index (χ1n) is 7.95. The fourth-order valence-electron chi connectivity index (χ4n) is 2.83. The van der Waals surface area contributed by atoms with E-state index in [0.29, 0.717) is 25.5 Å². The number of thiocarbonyl (C=S) groups is 1. The molecule has 0 N–H and O–H groups in total. The van der Waals surface area contributed by atoms with Crippen molar-refractivity contribution in [1.82, 2.24) is 4.57 Å². The Hall–Kier alpha value is -2.28. The molecule has 0 atom stereocenters. The molecular weight excluding hydrogens is 365 g/mol. The van der Waals surface area contributed by atoms with Gasteiger partial charge in [-0.1, -0.05) is 30.3 Å². The van der Waals surface area contributed by atoms with Gasteiger partial charge in [-0.2, -0.15) is 18.2 Å². The quantitative estimate of drug-likeness (QED) is 0.566. The third-order valence-electron chi connectivity index (χ3n) is 4.31. The first kappa shape index (κ1) is 18.5. The molecule has 2 aromatic rings. The first-order chi connectivity index (χ1) is 12.4. The Bertz CT molecular complexity index is 884. The van der Waals surface area contributed by atoms with E-state index in [1.165, 1.54) is 0 Å². The summed E-state index contributed by atoms with van der Waals surface area (Å²) in [5.74, 6) is 0. The molecule has 136 valence electrons. The number of halogens is 3. The summed E-state index contributed by atoms with van der Waals surface area (Å²) in [5.41, 5.74) is -0.884. The number of aliphatic imine (C=N–C) groups is 1. The summed E-state index contributed by atoms with van der Waals surface area (Å²) < 4.78 is 46.0. The first-order valence-corrected chi connectivity index (χ1v) is 8.36. The lowest BCUT2D eigenvalue weighted by Crippen LogP contribution is -2.38. The molecule has 0 amide bonds. The Kier molecular flexibility index (Phi) is 5.36. The largest absolute Gasteiger partial charge is 0.417 e. The second-order valence-electron chi connectivity index (χ2n) is 6.07. The topological polar surface area (TPSA) is 43.6 Å². The molecule has 1 aliphatic carbocycles. The molecule has 0 unspecified atom stereocenters. The van der Waals surface area contributed by atoms with E-state index in [1.54, 1.807) is 0 Å². The number of isothiocyanates is 1. The number of alkyl halides is 3. The minimum absolute atomic E-state index is 0.0980. The van der Waals surface area contributed by atoms with Crippen molar-refractivity contribution in [3.05, 3.63) is 64.1 Å². The zero-order chi connectivity index (χ0) is 18.7. The number of ether oxygens (including phenoxy) is 1. The van der Waals surface area contributed by atoms with E-state index in [2.05, 4.69) is 17.2 Å². The summed E-state index contributed by atoms with van der Waals surface area (Å²) in [5, 5.41) is 1.96. The third-order valence-corrected chi connectivity index (χ3v) is 4.40. The molecule has 1 aliphatic rings. The Balaban J connectivity index is 1.73. The van der Waals surface area contributed by atoms with Gasteiger partial charge in [0, 0.05) is 12.2 Å². The van der Waals surface area contributed by atoms with Gasteiger partial charge in [-0.25, -0.2) is 0 Å². The predicted molar refractivity (Wildman–Crippen MR) is 93.7 cm³/mol. The summed E-state index contributed by atoms with van der Waals surface area (Å²) in [6.07, 6.45) is -2.90. The Labute approximate surface area is 152 Å². The van der Waals surface area contributed by atoms with E-state index in [0.717, 1.165) is 16.3 Å². The summed E-state index contributed by atoms with van der Waals surface area (Å²) in [7, 11) is 0. The van der Waals surface area contributed by atoms with Crippen molar-refractivity contribution < 1.29 is 17.9 Å². The van der Waals surface area contributed by atoms with E-state index in [4.69, 9.17) is 4.74 Å². The molecule has 1 aromatic carbocycles. The summed E-state index contributed by atoms with van der Waals surface area (Å²) in [6, 6.07) is 9.92. The van der Waals surface area contributed by atoms with Crippen molar-refractivity contribution in [2.75, 3.05) is 0 Å². The molecule has 1 aromatic heterocycles. The standard InChI is InChI=1S/C18H15F3N2O2S/c19-18(20,21)13-6-16(22-11-26)17(24)23(9-13)14-7-15(8-14)25-10-12-4-2-1-3-5-12/h1-6,9,14-15H,7-8,10H2. The average Bonchev–Trinajstić information content (AvgIpc) is 2.56. The fraction of sp³-hybridized carbons (Fsp3) is 0.333. The molecule has 4 nitrogen and oxygen atoms in total. The van der Waals surface area contributed by atoms with Crippen LogP contribution in [0.1, 0.15) is 30.0 Å². The van der Waals surface area contributed by atoms with E-state index in [-0.39, 0.29) is 17.8 Å². The van der Waals surface area contributed by atoms with E-state index in [1.807, 2.05) is 35.5 Å². The normalized spacial score (nSPS) is 19.5. The lowest BCUT2D eigenvalue weighted by atomic mass is 9.88. The maximum absolute atomic E-state index is 13.1. The highest BCUT2D eigenvalue weighted by atomic mass is 32.1. The molecule has 1 heterocycles. The van der Waals surface area contributed by atoms with Crippen LogP contribution in [0.3, 0.4) is 0 Å². The predicted octanol–water partition coefficient (Wildman–Crippen LogP) is 4.52. The third kappa shape index (κ3) is 4.09. The zero-order valence-electron chi connectivity index (χ0n) is 13.6. The molecule has 0 saturated heterocycles. The van der Waals surface area contributed by atoms with Crippen molar-refractivity contribution in [3.8, 4) is 0 Å². The summed E-state index contributed by atoms with van der Waals surface area (Å²) >= 11 is 4.42. The molecule has 0 bridgehead atoms. The highest BCUT2D eigenvalue weighted by molar-refractivity contribution is 7.78. The van der Waals surface area contributed by atoms with E-state index >= 15 is 0 Å². The summed E-state index contributed by atoms with van der Waals surface area (Å²) in [6.45, 7) is 0.427. The van der Waals surface area contributed by atoms with Crippen LogP contribution in [-0.4, -0.2) is 15.8 Å². The van der Waals surface area contributed by atoms with Crippen LogP contribution in [0.15, 0.2) is 52.4 Å². The van der Waals surface area contributed by atoms with Crippen LogP contribution in [0.5, 0.6) is 0 Å². The van der Waals surface area contributed by atoms with Crippen LogP contribution in [-0.2, 0) is 17.5 Å². The molecule has 0 radical (unpaired) electrons. The maximum atomic E-state index is 13.1. The van der Waals surface area contributed by atoms with Crippen molar-refractivity contribution >= 4 is 23.1 Å². The van der Waals surface area contributed by atoms with Gasteiger partial charge >= 0.3 is 6.18 Å². The minimum atomic E-state index is -4.58. The second kappa shape index (κ2) is 7.53. The van der Waals surface area contributed by atoms with Gasteiger partial charge < -0.3 is 9.30 Å². The number of aromatic nitrogens is 1. The van der Waals surface area contributed by atoms with Crippen molar-refractivity contribution in [2.45, 2.75) is 37.8 Å². The molecule has 8 heteroatoms. The van der Waals surface area contributed by atoms with Gasteiger partial charge in [-0.05, 0) is 36.7 Å². The monoisotopic (exact) mass is 380 g/mol. The number of nitrogens with zero attached hydrogens (tertiary/aromatic N) is 2. The van der Waals surface area contributed by atoms with Crippen molar-refractivity contribution in [2.24, 2.45) is 4.99 Å². The Morgan fingerprint density at radius 2 is 1.96 bits per heavy atom. The van der Waals surface area contributed by atoms with Gasteiger partial charge in [0.1, 0.15) is 5.69 Å². The molecule has 1 saturated carbocycles. The maximum Gasteiger partial charge on any atom is 0.417 e. The average molecular weight is 380 g/mol. The smallest absolute Gasteiger partial charge is 0.373 e. The van der Waals surface area contributed by atoms with Crippen molar-refractivity contribution in [1.29, 1.82) is 0 Å². The number of hydrogen-bond acceptors (Lipinski definition) is 4. The number of pyridine rings is 1. The number of hydrogen-bond donors (Lipinski definition) is 0. The highest BCUT2D eigenvalue weighted by Crippen LogP contribution is 2.37. The van der Waals surface area contributed by atoms with Crippen LogP contribution < -0.4 is 5.56 Å². The lowest BCUT2D eigenvalue weighted by Gasteiger charge is -2.36. The van der Waals surface area contributed by atoms with Crippen LogP contribution in [0.25, 0.3) is 0 Å². The molecule has 26 heavy (non-hydrogen) atoms. The van der Waals surface area contributed by atoms with Crippen LogP contribution in [0, 0.1) is 0 Å². The van der Waals surface area contributed by atoms with E-state index < -0.39 is 17.3 Å². The highest BCUT2D eigenvalue weighted by Gasteiger charge is 2.36. The van der Waals surface area contributed by atoms with Gasteiger partial charge in [0.25, 0.3) is 5.56 Å². The number of benzene rings is 1. The van der Waals surface area contributed by atoms with Crippen LogP contribution in [0.2, 0.25) is 0 Å². The van der Waals surface area contributed by atoms with Gasteiger partial charge in [0.05, 0.1) is 23.4 Å². The Morgan fingerprint density at radius 1 is 1.27 bits per heavy atom. The molecule has 3 rings (SSSR count). The van der Waals surface area contributed by atoms with Gasteiger partial charge in [-0.3, -0.25) is 4.79 Å². The van der Waals surface area contributed by atoms with Crippen LogP contribution in [0.4, 0.5) is 18.9 Å². The fourth-order valence-corrected chi connectivity index (χ4v) is 2.93. The zero-order valence-corrected chi connectivity index (χ0v) is 14.4.